The van der Waals surface area contributed by atoms with Gasteiger partial charge in [0.15, 0.2) is 0 Å². The molecule has 16 heavy (non-hydrogen) atoms. The van der Waals surface area contributed by atoms with Gasteiger partial charge in [0.2, 0.25) is 0 Å². The maximum absolute atomic E-state index is 10.2. The zero-order valence-corrected chi connectivity index (χ0v) is 10.3. The Bertz CT molecular complexity index is 137. The van der Waals surface area contributed by atoms with Gasteiger partial charge in [0, 0.05) is 0 Å². The van der Waals surface area contributed by atoms with E-state index in [1.807, 2.05) is 0 Å². The van der Waals surface area contributed by atoms with Crippen molar-refractivity contribution in [1.29, 1.82) is 0 Å². The molecule has 0 N–H and O–H groups in total. The summed E-state index contributed by atoms with van der Waals surface area (Å²) in [6.07, 6.45) is 11.7. The molecule has 0 aliphatic rings. The monoisotopic (exact) mass is 229 g/mol. The number of unbranched alkanes of at least 4 members (excludes halogenated alkanes) is 9. The second-order valence-electron chi connectivity index (χ2n) is 4.21. The molecule has 1 radical (unpaired) electrons. The molecule has 0 aromatic heterocycles. The molecule has 0 atom stereocenters. The van der Waals surface area contributed by atoms with Crippen molar-refractivity contribution in [3.05, 3.63) is 0 Å². The zero-order chi connectivity index (χ0) is 11.9. The summed E-state index contributed by atoms with van der Waals surface area (Å²) in [6.45, 7) is 1.17. The minimum Gasteiger partial charge on any atom is -0.468 e. The topological polar surface area (TPSA) is 46.2 Å². The van der Waals surface area contributed by atoms with Crippen molar-refractivity contribution in [3.8, 4) is 0 Å². The average molecular weight is 229 g/mol. The van der Waals surface area contributed by atoms with Crippen molar-refractivity contribution >= 4 is 6.47 Å². The predicted octanol–water partition coefficient (Wildman–Crippen LogP) is 3.49. The molecule has 0 aromatic carbocycles. The SMILES string of the molecule is [O]CCCCCCCCCCCCOC=O. The summed E-state index contributed by atoms with van der Waals surface area (Å²) in [5.74, 6) is 0. The third kappa shape index (κ3) is 13.4. The van der Waals surface area contributed by atoms with Crippen LogP contribution in [0.4, 0.5) is 0 Å². The van der Waals surface area contributed by atoms with Gasteiger partial charge >= 0.3 is 0 Å². The van der Waals surface area contributed by atoms with E-state index in [0.29, 0.717) is 13.1 Å². The molecule has 0 heterocycles. The van der Waals surface area contributed by atoms with E-state index in [0.717, 1.165) is 25.7 Å². The van der Waals surface area contributed by atoms with Gasteiger partial charge in [0.25, 0.3) is 6.47 Å². The highest BCUT2D eigenvalue weighted by Gasteiger charge is 1.93. The molecule has 0 rings (SSSR count). The third-order valence-electron chi connectivity index (χ3n) is 2.72. The van der Waals surface area contributed by atoms with Crippen LogP contribution in [-0.4, -0.2) is 19.7 Å². The van der Waals surface area contributed by atoms with Crippen LogP contribution in [0, 0.1) is 0 Å². The van der Waals surface area contributed by atoms with E-state index >= 15 is 0 Å². The summed E-state index contributed by atoms with van der Waals surface area (Å²) in [5, 5.41) is 10.2. The summed E-state index contributed by atoms with van der Waals surface area (Å²) in [4.78, 5) is 9.85. The summed E-state index contributed by atoms with van der Waals surface area (Å²) < 4.78 is 4.61. The number of hydrogen-bond donors (Lipinski definition) is 0. The van der Waals surface area contributed by atoms with Crippen molar-refractivity contribution in [2.45, 2.75) is 64.2 Å². The lowest BCUT2D eigenvalue weighted by Gasteiger charge is -2.01. The molecule has 0 unspecified atom stereocenters. The van der Waals surface area contributed by atoms with Gasteiger partial charge < -0.3 is 4.74 Å². The first-order valence-corrected chi connectivity index (χ1v) is 6.55. The molecule has 0 aromatic rings. The minimum absolute atomic E-state index is 0.0862. The number of ether oxygens (including phenoxy) is 1. The van der Waals surface area contributed by atoms with Gasteiger partial charge in [-0.3, -0.25) is 4.79 Å². The van der Waals surface area contributed by atoms with Crippen LogP contribution in [0.2, 0.25) is 0 Å². The van der Waals surface area contributed by atoms with Gasteiger partial charge in [-0.2, -0.15) is 0 Å². The highest BCUT2D eigenvalue weighted by molar-refractivity contribution is 5.36. The highest BCUT2D eigenvalue weighted by atomic mass is 16.5. The fraction of sp³-hybridized carbons (Fsp3) is 0.923. The van der Waals surface area contributed by atoms with Crippen LogP contribution in [0.25, 0.3) is 0 Å². The van der Waals surface area contributed by atoms with Crippen LogP contribution in [0.1, 0.15) is 64.2 Å². The average Bonchev–Trinajstić information content (AvgIpc) is 2.31. The van der Waals surface area contributed by atoms with Crippen molar-refractivity contribution in [2.75, 3.05) is 13.2 Å². The van der Waals surface area contributed by atoms with Gasteiger partial charge in [-0.05, 0) is 12.8 Å². The predicted molar refractivity (Wildman–Crippen MR) is 63.7 cm³/mol. The van der Waals surface area contributed by atoms with E-state index in [-0.39, 0.29) is 6.61 Å². The van der Waals surface area contributed by atoms with Crippen molar-refractivity contribution in [1.82, 2.24) is 0 Å². The third-order valence-corrected chi connectivity index (χ3v) is 2.72. The normalized spacial score (nSPS) is 10.3. The molecule has 0 amide bonds. The van der Waals surface area contributed by atoms with Crippen molar-refractivity contribution < 1.29 is 14.6 Å². The lowest BCUT2D eigenvalue weighted by atomic mass is 10.1. The molecular weight excluding hydrogens is 204 g/mol. The number of hydrogen-bond acceptors (Lipinski definition) is 2. The Kier molecular flexibility index (Phi) is 13.9. The molecule has 0 spiro atoms. The number of rotatable bonds is 13. The molecule has 0 saturated carbocycles. The summed E-state index contributed by atoms with van der Waals surface area (Å²) >= 11 is 0. The van der Waals surface area contributed by atoms with E-state index in [1.165, 1.54) is 38.5 Å². The quantitative estimate of drug-likeness (QED) is 0.358. The van der Waals surface area contributed by atoms with Crippen LogP contribution in [-0.2, 0) is 14.6 Å². The van der Waals surface area contributed by atoms with Crippen molar-refractivity contribution in [3.63, 3.8) is 0 Å². The summed E-state index contributed by atoms with van der Waals surface area (Å²) in [6, 6.07) is 0. The number of carbonyl (C=O) groups excluding carboxylic acids is 1. The van der Waals surface area contributed by atoms with E-state index in [2.05, 4.69) is 4.74 Å². The lowest BCUT2D eigenvalue weighted by Crippen LogP contribution is -1.91. The Hall–Kier alpha value is -0.570. The first kappa shape index (κ1) is 15.4. The Balaban J connectivity index is 2.85. The Morgan fingerprint density at radius 1 is 0.688 bits per heavy atom. The Morgan fingerprint density at radius 2 is 1.12 bits per heavy atom. The van der Waals surface area contributed by atoms with E-state index in [1.54, 1.807) is 0 Å². The lowest BCUT2D eigenvalue weighted by molar-refractivity contribution is -0.128. The second kappa shape index (κ2) is 14.4. The highest BCUT2D eigenvalue weighted by Crippen LogP contribution is 2.10. The summed E-state index contributed by atoms with van der Waals surface area (Å²) in [5.41, 5.74) is 0. The first-order chi connectivity index (χ1) is 7.91. The van der Waals surface area contributed by atoms with Gasteiger partial charge in [-0.15, -0.1) is 0 Å². The molecule has 0 aliphatic carbocycles. The van der Waals surface area contributed by atoms with Crippen LogP contribution in [0.15, 0.2) is 0 Å². The second-order valence-corrected chi connectivity index (χ2v) is 4.21. The Labute approximate surface area is 99.2 Å². The van der Waals surface area contributed by atoms with Crippen LogP contribution in [0.5, 0.6) is 0 Å². The molecule has 0 fully saturated rings. The smallest absolute Gasteiger partial charge is 0.293 e. The van der Waals surface area contributed by atoms with Gasteiger partial charge in [-0.25, -0.2) is 5.11 Å². The minimum atomic E-state index is 0.0862. The maximum Gasteiger partial charge on any atom is 0.293 e. The fourth-order valence-corrected chi connectivity index (χ4v) is 1.75. The fourth-order valence-electron chi connectivity index (χ4n) is 1.75. The molecule has 3 heteroatoms. The van der Waals surface area contributed by atoms with Gasteiger partial charge in [0.05, 0.1) is 13.2 Å². The van der Waals surface area contributed by atoms with E-state index < -0.39 is 0 Å². The van der Waals surface area contributed by atoms with Gasteiger partial charge in [0.1, 0.15) is 0 Å². The summed E-state index contributed by atoms with van der Waals surface area (Å²) in [7, 11) is 0. The van der Waals surface area contributed by atoms with Crippen LogP contribution < -0.4 is 0 Å². The largest absolute Gasteiger partial charge is 0.468 e. The van der Waals surface area contributed by atoms with Crippen LogP contribution in [0.3, 0.4) is 0 Å². The zero-order valence-electron chi connectivity index (χ0n) is 10.3. The van der Waals surface area contributed by atoms with E-state index in [4.69, 9.17) is 0 Å². The maximum atomic E-state index is 10.2. The molecule has 0 bridgehead atoms. The van der Waals surface area contributed by atoms with Crippen LogP contribution >= 0.6 is 0 Å². The molecule has 95 valence electrons. The first-order valence-electron chi connectivity index (χ1n) is 6.55. The standard InChI is InChI=1S/C13H25O3/c14-11-9-7-5-3-1-2-4-6-8-10-12-16-13-15/h13H,1-12H2. The number of carbonyl (C=O) groups is 1. The molecule has 0 aliphatic heterocycles. The Morgan fingerprint density at radius 3 is 1.56 bits per heavy atom. The van der Waals surface area contributed by atoms with Crippen molar-refractivity contribution in [2.24, 2.45) is 0 Å². The van der Waals surface area contributed by atoms with Gasteiger partial charge in [-0.1, -0.05) is 51.4 Å². The molecular formula is C13H25O3. The molecule has 0 saturated heterocycles. The van der Waals surface area contributed by atoms with E-state index in [9.17, 15) is 9.90 Å². The molecule has 3 nitrogen and oxygen atoms in total.